The first-order valence-electron chi connectivity index (χ1n) is 3.72. The third-order valence-corrected chi connectivity index (χ3v) is 2.85. The molecule has 1 rings (SSSR count). The molecule has 1 fully saturated rings. The molecule has 0 N–H and O–H groups in total. The van der Waals surface area contributed by atoms with Crippen LogP contribution in [0.1, 0.15) is 27.7 Å². The quantitative estimate of drug-likeness (QED) is 0.393. The minimum Gasteiger partial charge on any atom is -0.455 e. The standard InChI is InChI=1S/C9H14O2/c1-6-7(10)11-9(4,5)8(6,2)3/h1H2,2-5H3. The average Bonchev–Trinajstić information content (AvgIpc) is 1.93. The van der Waals surface area contributed by atoms with Gasteiger partial charge in [-0.25, -0.2) is 4.79 Å². The SMILES string of the molecule is C=C1C(=O)OC(C)(C)C1(C)C. The number of ether oxygens (including phenoxy) is 1. The van der Waals surface area contributed by atoms with Crippen LogP contribution in [-0.4, -0.2) is 11.6 Å². The number of cyclic esters (lactones) is 1. The highest BCUT2D eigenvalue weighted by Crippen LogP contribution is 2.46. The Labute approximate surface area is 67.2 Å². The Hall–Kier alpha value is -0.790. The Kier molecular flexibility index (Phi) is 1.41. The molecule has 0 aliphatic carbocycles. The lowest BCUT2D eigenvalue weighted by Gasteiger charge is -2.31. The first-order chi connectivity index (χ1) is 4.79. The number of hydrogen-bond acceptors (Lipinski definition) is 2. The summed E-state index contributed by atoms with van der Waals surface area (Å²) in [5.41, 5.74) is -0.0897. The van der Waals surface area contributed by atoms with Gasteiger partial charge in [0.15, 0.2) is 0 Å². The first kappa shape index (κ1) is 8.31. The number of hydrogen-bond donors (Lipinski definition) is 0. The van der Waals surface area contributed by atoms with E-state index in [2.05, 4.69) is 6.58 Å². The minimum absolute atomic E-state index is 0.246. The van der Waals surface area contributed by atoms with E-state index in [0.717, 1.165) is 0 Å². The fourth-order valence-corrected chi connectivity index (χ4v) is 1.04. The Morgan fingerprint density at radius 1 is 1.27 bits per heavy atom. The van der Waals surface area contributed by atoms with E-state index in [4.69, 9.17) is 4.74 Å². The summed E-state index contributed by atoms with van der Waals surface area (Å²) in [6.45, 7) is 11.5. The summed E-state index contributed by atoms with van der Waals surface area (Å²) in [4.78, 5) is 11.1. The molecule has 0 aromatic rings. The van der Waals surface area contributed by atoms with Gasteiger partial charge < -0.3 is 4.74 Å². The predicted octanol–water partition coefficient (Wildman–Crippen LogP) is 1.90. The molecule has 1 heterocycles. The molecule has 2 nitrogen and oxygen atoms in total. The van der Waals surface area contributed by atoms with Crippen LogP contribution in [0.5, 0.6) is 0 Å². The zero-order valence-electron chi connectivity index (χ0n) is 7.52. The van der Waals surface area contributed by atoms with Crippen LogP contribution in [0, 0.1) is 5.41 Å². The fraction of sp³-hybridized carbons (Fsp3) is 0.667. The normalized spacial score (nSPS) is 26.9. The largest absolute Gasteiger partial charge is 0.455 e. The van der Waals surface area contributed by atoms with Gasteiger partial charge in [-0.15, -0.1) is 0 Å². The van der Waals surface area contributed by atoms with E-state index in [1.165, 1.54) is 0 Å². The van der Waals surface area contributed by atoms with Crippen molar-refractivity contribution < 1.29 is 9.53 Å². The van der Waals surface area contributed by atoms with Gasteiger partial charge in [0.1, 0.15) is 5.60 Å². The Morgan fingerprint density at radius 2 is 1.73 bits per heavy atom. The molecular formula is C9H14O2. The predicted molar refractivity (Wildman–Crippen MR) is 43.1 cm³/mol. The molecule has 1 aliphatic heterocycles. The van der Waals surface area contributed by atoms with E-state index < -0.39 is 5.60 Å². The summed E-state index contributed by atoms with van der Waals surface area (Å²) < 4.78 is 5.14. The monoisotopic (exact) mass is 154 g/mol. The van der Waals surface area contributed by atoms with Gasteiger partial charge in [0, 0.05) is 11.0 Å². The van der Waals surface area contributed by atoms with Crippen molar-refractivity contribution >= 4 is 5.97 Å². The maximum Gasteiger partial charge on any atom is 0.334 e. The summed E-state index contributed by atoms with van der Waals surface area (Å²) in [5, 5.41) is 0. The van der Waals surface area contributed by atoms with E-state index in [-0.39, 0.29) is 11.4 Å². The van der Waals surface area contributed by atoms with E-state index in [9.17, 15) is 4.79 Å². The molecule has 0 amide bonds. The van der Waals surface area contributed by atoms with Crippen molar-refractivity contribution in [2.24, 2.45) is 5.41 Å². The molecule has 0 aromatic heterocycles. The molecule has 62 valence electrons. The second kappa shape index (κ2) is 1.87. The summed E-state index contributed by atoms with van der Waals surface area (Å²) in [7, 11) is 0. The van der Waals surface area contributed by atoms with Crippen molar-refractivity contribution in [3.63, 3.8) is 0 Å². The van der Waals surface area contributed by atoms with Crippen LogP contribution in [0.25, 0.3) is 0 Å². The van der Waals surface area contributed by atoms with Gasteiger partial charge in [-0.1, -0.05) is 20.4 Å². The average molecular weight is 154 g/mol. The molecule has 0 saturated carbocycles. The van der Waals surface area contributed by atoms with Crippen molar-refractivity contribution in [2.45, 2.75) is 33.3 Å². The van der Waals surface area contributed by atoms with Crippen LogP contribution in [0.4, 0.5) is 0 Å². The second-order valence-corrected chi connectivity index (χ2v) is 4.00. The van der Waals surface area contributed by atoms with Gasteiger partial charge in [-0.3, -0.25) is 0 Å². The van der Waals surface area contributed by atoms with Gasteiger partial charge >= 0.3 is 5.97 Å². The van der Waals surface area contributed by atoms with Crippen LogP contribution in [0.3, 0.4) is 0 Å². The van der Waals surface area contributed by atoms with Gasteiger partial charge in [-0.05, 0) is 13.8 Å². The maximum atomic E-state index is 11.1. The zero-order valence-corrected chi connectivity index (χ0v) is 7.52. The minimum atomic E-state index is -0.416. The number of rotatable bonds is 0. The molecule has 0 radical (unpaired) electrons. The van der Waals surface area contributed by atoms with Crippen LogP contribution in [0.15, 0.2) is 12.2 Å². The van der Waals surface area contributed by atoms with Gasteiger partial charge in [0.05, 0.1) is 0 Å². The van der Waals surface area contributed by atoms with E-state index in [1.807, 2.05) is 27.7 Å². The number of carbonyl (C=O) groups excluding carboxylic acids is 1. The van der Waals surface area contributed by atoms with Gasteiger partial charge in [0.2, 0.25) is 0 Å². The highest BCUT2D eigenvalue weighted by atomic mass is 16.6. The molecule has 2 heteroatoms. The van der Waals surface area contributed by atoms with Crippen molar-refractivity contribution in [3.8, 4) is 0 Å². The van der Waals surface area contributed by atoms with Crippen LogP contribution < -0.4 is 0 Å². The highest BCUT2D eigenvalue weighted by molar-refractivity contribution is 5.92. The molecule has 0 unspecified atom stereocenters. The molecule has 11 heavy (non-hydrogen) atoms. The van der Waals surface area contributed by atoms with Crippen LogP contribution >= 0.6 is 0 Å². The molecule has 0 atom stereocenters. The Balaban J connectivity index is 3.12. The topological polar surface area (TPSA) is 26.3 Å². The third-order valence-electron chi connectivity index (χ3n) is 2.85. The second-order valence-electron chi connectivity index (χ2n) is 4.00. The van der Waals surface area contributed by atoms with Gasteiger partial charge in [0.25, 0.3) is 0 Å². The zero-order chi connectivity index (χ0) is 8.86. The van der Waals surface area contributed by atoms with Crippen LogP contribution in [0.2, 0.25) is 0 Å². The van der Waals surface area contributed by atoms with Gasteiger partial charge in [-0.2, -0.15) is 0 Å². The van der Waals surface area contributed by atoms with E-state index in [0.29, 0.717) is 5.57 Å². The first-order valence-corrected chi connectivity index (χ1v) is 3.72. The van der Waals surface area contributed by atoms with Crippen molar-refractivity contribution in [1.82, 2.24) is 0 Å². The highest BCUT2D eigenvalue weighted by Gasteiger charge is 2.51. The smallest absolute Gasteiger partial charge is 0.334 e. The maximum absolute atomic E-state index is 11.1. The summed E-state index contributed by atoms with van der Waals surface area (Å²) in [6.07, 6.45) is 0. The Bertz CT molecular complexity index is 224. The molecule has 1 saturated heterocycles. The number of carbonyl (C=O) groups is 1. The lowest BCUT2D eigenvalue weighted by molar-refractivity contribution is -0.146. The lowest BCUT2D eigenvalue weighted by Crippen LogP contribution is -2.35. The van der Waals surface area contributed by atoms with E-state index in [1.54, 1.807) is 0 Å². The van der Waals surface area contributed by atoms with Crippen molar-refractivity contribution in [2.75, 3.05) is 0 Å². The third kappa shape index (κ3) is 0.889. The summed E-state index contributed by atoms with van der Waals surface area (Å²) in [6, 6.07) is 0. The molecule has 0 bridgehead atoms. The summed E-state index contributed by atoms with van der Waals surface area (Å²) >= 11 is 0. The fourth-order valence-electron chi connectivity index (χ4n) is 1.04. The van der Waals surface area contributed by atoms with Crippen molar-refractivity contribution in [3.05, 3.63) is 12.2 Å². The van der Waals surface area contributed by atoms with Crippen molar-refractivity contribution in [1.29, 1.82) is 0 Å². The number of esters is 1. The molecule has 1 aliphatic rings. The lowest BCUT2D eigenvalue weighted by atomic mass is 9.74. The van der Waals surface area contributed by atoms with E-state index >= 15 is 0 Å². The molecule has 0 spiro atoms. The van der Waals surface area contributed by atoms with Crippen LogP contribution in [-0.2, 0) is 9.53 Å². The molecule has 0 aromatic carbocycles. The Morgan fingerprint density at radius 3 is 1.82 bits per heavy atom. The molecular weight excluding hydrogens is 140 g/mol. The summed E-state index contributed by atoms with van der Waals surface area (Å²) in [5.74, 6) is -0.264.